The lowest BCUT2D eigenvalue weighted by molar-refractivity contribution is -0.139. The van der Waals surface area contributed by atoms with E-state index in [1.54, 1.807) is 12.1 Å². The number of aryl methyl sites for hydroxylation is 1. The van der Waals surface area contributed by atoms with Gasteiger partial charge in [-0.1, -0.05) is 40.2 Å². The molecule has 2 rings (SSSR count). The molecule has 0 aliphatic rings. The summed E-state index contributed by atoms with van der Waals surface area (Å²) in [5.74, 6) is 0. The summed E-state index contributed by atoms with van der Waals surface area (Å²) in [5.41, 5.74) is 0.328. The van der Waals surface area contributed by atoms with E-state index in [9.17, 15) is 18.3 Å². The quantitative estimate of drug-likeness (QED) is 0.824. The molecule has 0 radical (unpaired) electrons. The SMILES string of the molecule is Cc1cc(Br)cc(C(O)c2ccccc2C(F)(F)F)c1. The second kappa shape index (κ2) is 5.58. The van der Waals surface area contributed by atoms with Crippen LogP contribution in [0.25, 0.3) is 0 Å². The second-order valence-electron chi connectivity index (χ2n) is 4.55. The number of aliphatic hydroxyl groups excluding tert-OH is 1. The Hall–Kier alpha value is -1.33. The molecule has 0 bridgehead atoms. The fourth-order valence-corrected chi connectivity index (χ4v) is 2.72. The molecule has 0 aliphatic carbocycles. The minimum absolute atomic E-state index is 0.141. The summed E-state index contributed by atoms with van der Waals surface area (Å²) in [6.07, 6.45) is -5.80. The molecule has 20 heavy (non-hydrogen) atoms. The average Bonchev–Trinajstić information content (AvgIpc) is 2.35. The molecular formula is C15H12BrF3O. The van der Waals surface area contributed by atoms with Crippen molar-refractivity contribution in [1.82, 2.24) is 0 Å². The van der Waals surface area contributed by atoms with Crippen molar-refractivity contribution in [2.75, 3.05) is 0 Å². The Morgan fingerprint density at radius 1 is 1.10 bits per heavy atom. The molecule has 1 unspecified atom stereocenters. The molecule has 1 nitrogen and oxygen atoms in total. The number of halogens is 4. The predicted octanol–water partition coefficient (Wildman–Crippen LogP) is 4.86. The Bertz CT molecular complexity index is 603. The van der Waals surface area contributed by atoms with E-state index >= 15 is 0 Å². The second-order valence-corrected chi connectivity index (χ2v) is 5.47. The third-order valence-electron chi connectivity index (χ3n) is 2.94. The maximum atomic E-state index is 13.0. The molecule has 0 spiro atoms. The molecule has 0 saturated heterocycles. The van der Waals surface area contributed by atoms with Crippen LogP contribution < -0.4 is 0 Å². The number of alkyl halides is 3. The summed E-state index contributed by atoms with van der Waals surface area (Å²) in [6, 6.07) is 10.2. The number of hydrogen-bond donors (Lipinski definition) is 1. The molecule has 2 aromatic rings. The molecule has 0 aliphatic heterocycles. The monoisotopic (exact) mass is 344 g/mol. The molecule has 1 atom stereocenters. The van der Waals surface area contributed by atoms with Crippen LogP contribution >= 0.6 is 15.9 Å². The van der Waals surface area contributed by atoms with E-state index in [1.165, 1.54) is 18.2 Å². The van der Waals surface area contributed by atoms with Crippen molar-refractivity contribution in [3.8, 4) is 0 Å². The summed E-state index contributed by atoms with van der Waals surface area (Å²) in [6.45, 7) is 1.82. The average molecular weight is 345 g/mol. The van der Waals surface area contributed by atoms with Gasteiger partial charge in [-0.2, -0.15) is 13.2 Å². The van der Waals surface area contributed by atoms with Crippen LogP contribution in [-0.4, -0.2) is 5.11 Å². The lowest BCUT2D eigenvalue weighted by Crippen LogP contribution is -2.12. The maximum Gasteiger partial charge on any atom is 0.416 e. The molecule has 0 aromatic heterocycles. The van der Waals surface area contributed by atoms with E-state index in [0.717, 1.165) is 16.1 Å². The van der Waals surface area contributed by atoms with Crippen LogP contribution in [0.3, 0.4) is 0 Å². The first-order valence-corrected chi connectivity index (χ1v) is 6.69. The maximum absolute atomic E-state index is 13.0. The minimum atomic E-state index is -4.49. The first-order valence-electron chi connectivity index (χ1n) is 5.90. The number of aliphatic hydroxyl groups is 1. The van der Waals surface area contributed by atoms with E-state index in [-0.39, 0.29) is 5.56 Å². The Balaban J connectivity index is 2.51. The fraction of sp³-hybridized carbons (Fsp3) is 0.200. The standard InChI is InChI=1S/C15H12BrF3O/c1-9-6-10(8-11(16)7-9)14(20)12-4-2-3-5-13(12)15(17,18)19/h2-8,14,20H,1H3. The topological polar surface area (TPSA) is 20.2 Å². The van der Waals surface area contributed by atoms with Crippen LogP contribution in [0.1, 0.15) is 28.4 Å². The fourth-order valence-electron chi connectivity index (χ4n) is 2.10. The first-order chi connectivity index (χ1) is 9.29. The van der Waals surface area contributed by atoms with Gasteiger partial charge in [-0.3, -0.25) is 0 Å². The summed E-state index contributed by atoms with van der Waals surface area (Å²) in [5, 5.41) is 10.3. The van der Waals surface area contributed by atoms with E-state index in [2.05, 4.69) is 15.9 Å². The van der Waals surface area contributed by atoms with Gasteiger partial charge < -0.3 is 5.11 Å². The van der Waals surface area contributed by atoms with Gasteiger partial charge >= 0.3 is 6.18 Å². The molecule has 5 heteroatoms. The summed E-state index contributed by atoms with van der Waals surface area (Å²) in [7, 11) is 0. The van der Waals surface area contributed by atoms with E-state index in [1.807, 2.05) is 13.0 Å². The number of benzene rings is 2. The highest BCUT2D eigenvalue weighted by Crippen LogP contribution is 2.37. The van der Waals surface area contributed by atoms with Crippen molar-refractivity contribution in [2.24, 2.45) is 0 Å². The van der Waals surface area contributed by atoms with Gasteiger partial charge in [-0.25, -0.2) is 0 Å². The van der Waals surface area contributed by atoms with Gasteiger partial charge in [0.2, 0.25) is 0 Å². The summed E-state index contributed by atoms with van der Waals surface area (Å²) < 4.78 is 39.6. The van der Waals surface area contributed by atoms with Crippen LogP contribution in [0.4, 0.5) is 13.2 Å². The molecule has 0 fully saturated rings. The van der Waals surface area contributed by atoms with Crippen molar-refractivity contribution in [2.45, 2.75) is 19.2 Å². The molecule has 2 aromatic carbocycles. The van der Waals surface area contributed by atoms with Crippen LogP contribution in [0.2, 0.25) is 0 Å². The van der Waals surface area contributed by atoms with Crippen molar-refractivity contribution in [3.05, 3.63) is 69.2 Å². The lowest BCUT2D eigenvalue weighted by atomic mass is 9.95. The normalized spacial score (nSPS) is 13.3. The first kappa shape index (κ1) is 15.1. The Kier molecular flexibility index (Phi) is 4.20. The van der Waals surface area contributed by atoms with Gasteiger partial charge in [0.25, 0.3) is 0 Å². The minimum Gasteiger partial charge on any atom is -0.384 e. The highest BCUT2D eigenvalue weighted by Gasteiger charge is 2.34. The molecule has 0 heterocycles. The summed E-state index contributed by atoms with van der Waals surface area (Å²) in [4.78, 5) is 0. The van der Waals surface area contributed by atoms with E-state index in [4.69, 9.17) is 0 Å². The molecule has 106 valence electrons. The van der Waals surface area contributed by atoms with Crippen LogP contribution in [-0.2, 0) is 6.18 Å². The molecular weight excluding hydrogens is 333 g/mol. The van der Waals surface area contributed by atoms with Crippen molar-refractivity contribution >= 4 is 15.9 Å². The van der Waals surface area contributed by atoms with Crippen LogP contribution in [0, 0.1) is 6.92 Å². The van der Waals surface area contributed by atoms with Gasteiger partial charge in [0.05, 0.1) is 5.56 Å². The third-order valence-corrected chi connectivity index (χ3v) is 3.40. The van der Waals surface area contributed by atoms with E-state index < -0.39 is 17.8 Å². The molecule has 1 N–H and O–H groups in total. The number of rotatable bonds is 2. The highest BCUT2D eigenvalue weighted by molar-refractivity contribution is 9.10. The smallest absolute Gasteiger partial charge is 0.384 e. The van der Waals surface area contributed by atoms with Gasteiger partial charge in [0, 0.05) is 4.47 Å². The van der Waals surface area contributed by atoms with E-state index in [0.29, 0.717) is 5.56 Å². The van der Waals surface area contributed by atoms with Crippen LogP contribution in [0.5, 0.6) is 0 Å². The largest absolute Gasteiger partial charge is 0.416 e. The van der Waals surface area contributed by atoms with Gasteiger partial charge in [0.1, 0.15) is 6.10 Å². The molecule has 0 saturated carbocycles. The zero-order valence-electron chi connectivity index (χ0n) is 10.6. The highest BCUT2D eigenvalue weighted by atomic mass is 79.9. The van der Waals surface area contributed by atoms with Crippen molar-refractivity contribution in [1.29, 1.82) is 0 Å². The van der Waals surface area contributed by atoms with Gasteiger partial charge in [-0.15, -0.1) is 0 Å². The summed E-state index contributed by atoms with van der Waals surface area (Å²) >= 11 is 3.28. The Morgan fingerprint density at radius 3 is 2.35 bits per heavy atom. The predicted molar refractivity (Wildman–Crippen MR) is 74.4 cm³/mol. The van der Waals surface area contributed by atoms with Crippen molar-refractivity contribution in [3.63, 3.8) is 0 Å². The zero-order chi connectivity index (χ0) is 14.9. The van der Waals surface area contributed by atoms with Gasteiger partial charge in [0.15, 0.2) is 0 Å². The Labute approximate surface area is 123 Å². The lowest BCUT2D eigenvalue weighted by Gasteiger charge is -2.18. The Morgan fingerprint density at radius 2 is 1.75 bits per heavy atom. The van der Waals surface area contributed by atoms with Crippen LogP contribution in [0.15, 0.2) is 46.9 Å². The zero-order valence-corrected chi connectivity index (χ0v) is 12.2. The van der Waals surface area contributed by atoms with Crippen molar-refractivity contribution < 1.29 is 18.3 Å². The third kappa shape index (κ3) is 3.22. The number of hydrogen-bond acceptors (Lipinski definition) is 1. The molecule has 0 amide bonds. The van der Waals surface area contributed by atoms with Gasteiger partial charge in [-0.05, 0) is 41.8 Å².